The van der Waals surface area contributed by atoms with Crippen molar-refractivity contribution in [1.29, 1.82) is 0 Å². The number of benzene rings is 1. The van der Waals surface area contributed by atoms with E-state index in [1.807, 2.05) is 6.07 Å². The molecule has 0 aliphatic carbocycles. The number of aromatic hydroxyl groups is 1. The summed E-state index contributed by atoms with van der Waals surface area (Å²) in [6.45, 7) is 0.475. The summed E-state index contributed by atoms with van der Waals surface area (Å²) in [6, 6.07) is 3.70. The van der Waals surface area contributed by atoms with Crippen molar-refractivity contribution in [3.63, 3.8) is 0 Å². The van der Waals surface area contributed by atoms with Crippen molar-refractivity contribution in [3.8, 4) is 5.75 Å². The van der Waals surface area contributed by atoms with Gasteiger partial charge in [-0.1, -0.05) is 0 Å². The number of hydrogen-bond acceptors (Lipinski definition) is 2. The second-order valence-electron chi connectivity index (χ2n) is 2.10. The first-order valence-corrected chi connectivity index (χ1v) is 5.18. The molecule has 1 aromatic carbocycles. The summed E-state index contributed by atoms with van der Waals surface area (Å²) < 4.78 is 1.87. The Morgan fingerprint density at radius 3 is 2.55 bits per heavy atom. The Bertz CT molecular complexity index is 275. The van der Waals surface area contributed by atoms with E-state index in [4.69, 9.17) is 5.73 Å². The first-order chi connectivity index (χ1) is 5.15. The topological polar surface area (TPSA) is 46.2 Å². The van der Waals surface area contributed by atoms with Crippen molar-refractivity contribution in [1.82, 2.24) is 0 Å². The van der Waals surface area contributed by atoms with Crippen LogP contribution in [0.2, 0.25) is 0 Å². The second-order valence-corrected chi connectivity index (χ2v) is 4.43. The monoisotopic (exact) mass is 375 g/mol. The molecular formula is C7H7I2NO. The van der Waals surface area contributed by atoms with Crippen molar-refractivity contribution in [2.45, 2.75) is 6.54 Å². The molecule has 0 saturated heterocycles. The highest BCUT2D eigenvalue weighted by Gasteiger charge is 2.04. The first kappa shape index (κ1) is 9.53. The van der Waals surface area contributed by atoms with Crippen molar-refractivity contribution >= 4 is 45.2 Å². The van der Waals surface area contributed by atoms with Crippen LogP contribution in [0.4, 0.5) is 0 Å². The van der Waals surface area contributed by atoms with E-state index in [9.17, 15) is 5.11 Å². The highest BCUT2D eigenvalue weighted by atomic mass is 127. The van der Waals surface area contributed by atoms with E-state index in [2.05, 4.69) is 45.2 Å². The summed E-state index contributed by atoms with van der Waals surface area (Å²) in [6.07, 6.45) is 0. The van der Waals surface area contributed by atoms with Crippen LogP contribution in [0.25, 0.3) is 0 Å². The summed E-state index contributed by atoms with van der Waals surface area (Å²) in [7, 11) is 0. The third kappa shape index (κ3) is 2.19. The molecule has 2 nitrogen and oxygen atoms in total. The van der Waals surface area contributed by atoms with E-state index in [1.54, 1.807) is 6.07 Å². The molecule has 0 saturated carbocycles. The molecule has 4 heteroatoms. The Balaban J connectivity index is 3.24. The van der Waals surface area contributed by atoms with Crippen molar-refractivity contribution in [2.75, 3.05) is 0 Å². The van der Waals surface area contributed by atoms with Crippen LogP contribution >= 0.6 is 45.2 Å². The molecule has 60 valence electrons. The van der Waals surface area contributed by atoms with Gasteiger partial charge in [0.25, 0.3) is 0 Å². The quantitative estimate of drug-likeness (QED) is 0.739. The molecule has 0 fully saturated rings. The average Bonchev–Trinajstić information content (AvgIpc) is 1.96. The molecule has 3 N–H and O–H groups in total. The zero-order chi connectivity index (χ0) is 8.43. The lowest BCUT2D eigenvalue weighted by atomic mass is 10.2. The van der Waals surface area contributed by atoms with Crippen LogP contribution in [0.1, 0.15) is 5.56 Å². The molecule has 0 aliphatic rings. The maximum absolute atomic E-state index is 9.34. The van der Waals surface area contributed by atoms with Crippen molar-refractivity contribution in [3.05, 3.63) is 24.8 Å². The molecule has 11 heavy (non-hydrogen) atoms. The van der Waals surface area contributed by atoms with Crippen molar-refractivity contribution in [2.24, 2.45) is 5.73 Å². The van der Waals surface area contributed by atoms with Gasteiger partial charge in [-0.25, -0.2) is 0 Å². The van der Waals surface area contributed by atoms with E-state index >= 15 is 0 Å². The minimum Gasteiger partial charge on any atom is -0.507 e. The van der Waals surface area contributed by atoms with Crippen LogP contribution in [0.15, 0.2) is 12.1 Å². The molecule has 0 spiro atoms. The molecule has 0 radical (unpaired) electrons. The normalized spacial score (nSPS) is 10.1. The Hall–Kier alpha value is 0.440. The second kappa shape index (κ2) is 3.90. The van der Waals surface area contributed by atoms with E-state index in [1.165, 1.54) is 0 Å². The van der Waals surface area contributed by atoms with Gasteiger partial charge in [0.15, 0.2) is 0 Å². The van der Waals surface area contributed by atoms with Gasteiger partial charge in [0.05, 0.1) is 3.57 Å². The fourth-order valence-electron chi connectivity index (χ4n) is 0.778. The smallest absolute Gasteiger partial charge is 0.130 e. The fourth-order valence-corrected chi connectivity index (χ4v) is 1.98. The van der Waals surface area contributed by atoms with E-state index in [0.717, 1.165) is 12.7 Å². The minimum absolute atomic E-state index is 0.318. The molecule has 0 atom stereocenters. The summed E-state index contributed by atoms with van der Waals surface area (Å²) in [5.41, 5.74) is 6.46. The van der Waals surface area contributed by atoms with Gasteiger partial charge in [0.1, 0.15) is 5.75 Å². The Morgan fingerprint density at radius 2 is 2.00 bits per heavy atom. The number of hydrogen-bond donors (Lipinski definition) is 2. The van der Waals surface area contributed by atoms with Crippen molar-refractivity contribution < 1.29 is 5.11 Å². The lowest BCUT2D eigenvalue weighted by Crippen LogP contribution is -1.99. The molecule has 0 heterocycles. The molecule has 1 aromatic rings. The van der Waals surface area contributed by atoms with Gasteiger partial charge < -0.3 is 10.8 Å². The Kier molecular flexibility index (Phi) is 3.38. The molecule has 0 bridgehead atoms. The minimum atomic E-state index is 0.318. The molecule has 0 unspecified atom stereocenters. The highest BCUT2D eigenvalue weighted by molar-refractivity contribution is 14.1. The van der Waals surface area contributed by atoms with Gasteiger partial charge in [0, 0.05) is 10.1 Å². The Morgan fingerprint density at radius 1 is 1.36 bits per heavy atom. The third-order valence-corrected chi connectivity index (χ3v) is 3.18. The van der Waals surface area contributed by atoms with Gasteiger partial charge in [-0.3, -0.25) is 0 Å². The molecular weight excluding hydrogens is 368 g/mol. The van der Waals surface area contributed by atoms with Gasteiger partial charge in [-0.2, -0.15) is 0 Å². The van der Waals surface area contributed by atoms with E-state index < -0.39 is 0 Å². The zero-order valence-electron chi connectivity index (χ0n) is 5.64. The van der Waals surface area contributed by atoms with Crippen LogP contribution in [0.5, 0.6) is 5.75 Å². The largest absolute Gasteiger partial charge is 0.507 e. The number of halogens is 2. The molecule has 1 rings (SSSR count). The van der Waals surface area contributed by atoms with E-state index in [0.29, 0.717) is 12.3 Å². The summed E-state index contributed by atoms with van der Waals surface area (Å²) in [5.74, 6) is 0.318. The summed E-state index contributed by atoms with van der Waals surface area (Å²) in [5, 5.41) is 9.34. The predicted octanol–water partition coefficient (Wildman–Crippen LogP) is 2.06. The molecule has 0 aromatic heterocycles. The SMILES string of the molecule is NCc1cc(I)cc(O)c1I. The highest BCUT2D eigenvalue weighted by Crippen LogP contribution is 2.25. The average molecular weight is 375 g/mol. The Labute approximate surface area is 92.5 Å². The number of rotatable bonds is 1. The van der Waals surface area contributed by atoms with Gasteiger partial charge in [-0.05, 0) is 62.9 Å². The maximum atomic E-state index is 9.34. The van der Waals surface area contributed by atoms with Gasteiger partial charge >= 0.3 is 0 Å². The van der Waals surface area contributed by atoms with Crippen LogP contribution in [-0.4, -0.2) is 5.11 Å². The number of phenols is 1. The zero-order valence-corrected chi connectivity index (χ0v) is 9.96. The van der Waals surface area contributed by atoms with Crippen LogP contribution in [0, 0.1) is 7.14 Å². The molecule has 0 amide bonds. The summed E-state index contributed by atoms with van der Waals surface area (Å²) in [4.78, 5) is 0. The number of nitrogens with two attached hydrogens (primary N) is 1. The maximum Gasteiger partial charge on any atom is 0.130 e. The fraction of sp³-hybridized carbons (Fsp3) is 0.143. The third-order valence-electron chi connectivity index (χ3n) is 1.31. The predicted molar refractivity (Wildman–Crippen MR) is 61.4 cm³/mol. The lowest BCUT2D eigenvalue weighted by Gasteiger charge is -2.03. The standard InChI is InChI=1S/C7H7I2NO/c8-5-1-4(3-10)7(9)6(11)2-5/h1-2,11H,3,10H2. The lowest BCUT2D eigenvalue weighted by molar-refractivity contribution is 0.470. The number of phenolic OH excluding ortho intramolecular Hbond substituents is 1. The van der Waals surface area contributed by atoms with Gasteiger partial charge in [0.2, 0.25) is 0 Å². The van der Waals surface area contributed by atoms with Crippen LogP contribution in [0.3, 0.4) is 0 Å². The summed E-state index contributed by atoms with van der Waals surface area (Å²) >= 11 is 4.24. The van der Waals surface area contributed by atoms with Gasteiger partial charge in [-0.15, -0.1) is 0 Å². The molecule has 0 aliphatic heterocycles. The van der Waals surface area contributed by atoms with E-state index in [-0.39, 0.29) is 0 Å². The van der Waals surface area contributed by atoms with Crippen LogP contribution in [-0.2, 0) is 6.54 Å². The first-order valence-electron chi connectivity index (χ1n) is 3.02. The van der Waals surface area contributed by atoms with Crippen LogP contribution < -0.4 is 5.73 Å².